The van der Waals surface area contributed by atoms with Gasteiger partial charge in [0, 0.05) is 31.1 Å². The van der Waals surface area contributed by atoms with E-state index in [2.05, 4.69) is 21.9 Å². The molecular weight excluding hydrogens is 392 g/mol. The molecule has 1 heterocycles. The standard InChI is InChI=1S/C23H30ClF2N3/c1-17(2)11-21-22(25)12-19(13-23(21)26)6-4-3-5-18-7-9-27-14-20(24)15-29-16-28-10-8-18/h12-16,18H,1,3-11H2,2H3,(H,28,29)/b20-15+,27-14?. The highest BCUT2D eigenvalue weighted by atomic mass is 35.5. The zero-order valence-electron chi connectivity index (χ0n) is 17.1. The number of aryl methyl sites for hydroxylation is 1. The SMILES string of the molecule is C=C(C)Cc1c(F)cc(CCCCC2CCN=CN/C=C(/Cl)C=NCC2)cc1F. The number of nitrogens with zero attached hydrogens (tertiary/aromatic N) is 2. The van der Waals surface area contributed by atoms with E-state index in [1.54, 1.807) is 25.7 Å². The normalized spacial score (nSPS) is 19.6. The van der Waals surface area contributed by atoms with E-state index in [-0.39, 0.29) is 12.0 Å². The van der Waals surface area contributed by atoms with E-state index < -0.39 is 11.6 Å². The molecule has 1 N–H and O–H groups in total. The van der Waals surface area contributed by atoms with Crippen molar-refractivity contribution in [2.75, 3.05) is 13.1 Å². The number of allylic oxidation sites excluding steroid dienone is 2. The van der Waals surface area contributed by atoms with Crippen LogP contribution in [0.5, 0.6) is 0 Å². The molecule has 1 aromatic carbocycles. The largest absolute Gasteiger partial charge is 0.352 e. The summed E-state index contributed by atoms with van der Waals surface area (Å²) >= 11 is 6.00. The fourth-order valence-corrected chi connectivity index (χ4v) is 3.54. The maximum absolute atomic E-state index is 14.2. The molecule has 0 aromatic heterocycles. The zero-order valence-corrected chi connectivity index (χ0v) is 17.8. The van der Waals surface area contributed by atoms with Crippen molar-refractivity contribution in [3.8, 4) is 0 Å². The maximum Gasteiger partial charge on any atom is 0.129 e. The van der Waals surface area contributed by atoms with Gasteiger partial charge in [-0.05, 0) is 62.6 Å². The molecule has 1 atom stereocenters. The van der Waals surface area contributed by atoms with E-state index >= 15 is 0 Å². The Balaban J connectivity index is 1.82. The smallest absolute Gasteiger partial charge is 0.129 e. The van der Waals surface area contributed by atoms with Crippen molar-refractivity contribution in [1.82, 2.24) is 5.32 Å². The first kappa shape index (κ1) is 23.3. The number of halogens is 3. The van der Waals surface area contributed by atoms with Crippen molar-refractivity contribution in [3.63, 3.8) is 0 Å². The highest BCUT2D eigenvalue weighted by Crippen LogP contribution is 2.22. The average molecular weight is 422 g/mol. The molecule has 0 amide bonds. The van der Waals surface area contributed by atoms with Crippen LogP contribution < -0.4 is 5.32 Å². The second kappa shape index (κ2) is 12.5. The molecule has 29 heavy (non-hydrogen) atoms. The summed E-state index contributed by atoms with van der Waals surface area (Å²) in [7, 11) is 0. The van der Waals surface area contributed by atoms with Gasteiger partial charge < -0.3 is 5.32 Å². The predicted octanol–water partition coefficient (Wildman–Crippen LogP) is 5.98. The van der Waals surface area contributed by atoms with Crippen molar-refractivity contribution in [1.29, 1.82) is 0 Å². The van der Waals surface area contributed by atoms with Crippen molar-refractivity contribution >= 4 is 24.2 Å². The summed E-state index contributed by atoms with van der Waals surface area (Å²) in [4.78, 5) is 8.70. The topological polar surface area (TPSA) is 36.8 Å². The predicted molar refractivity (Wildman–Crippen MR) is 119 cm³/mol. The molecule has 0 spiro atoms. The lowest BCUT2D eigenvalue weighted by Gasteiger charge is -2.15. The molecular formula is C23H30ClF2N3. The first-order valence-electron chi connectivity index (χ1n) is 10.2. The summed E-state index contributed by atoms with van der Waals surface area (Å²) in [6.07, 6.45) is 10.8. The Morgan fingerprint density at radius 3 is 2.55 bits per heavy atom. The van der Waals surface area contributed by atoms with Crippen LogP contribution in [0.2, 0.25) is 0 Å². The molecule has 0 saturated carbocycles. The molecule has 0 bridgehead atoms. The Hall–Kier alpha value is -2.01. The van der Waals surface area contributed by atoms with Gasteiger partial charge in [0.1, 0.15) is 11.6 Å². The minimum atomic E-state index is -0.473. The number of benzene rings is 1. The molecule has 1 aliphatic heterocycles. The Morgan fingerprint density at radius 1 is 1.17 bits per heavy atom. The van der Waals surface area contributed by atoms with Gasteiger partial charge in [-0.3, -0.25) is 9.98 Å². The van der Waals surface area contributed by atoms with Crippen molar-refractivity contribution in [2.24, 2.45) is 15.9 Å². The molecule has 1 unspecified atom stereocenters. The van der Waals surface area contributed by atoms with Gasteiger partial charge in [0.15, 0.2) is 0 Å². The van der Waals surface area contributed by atoms with E-state index in [0.29, 0.717) is 22.9 Å². The summed E-state index contributed by atoms with van der Waals surface area (Å²) in [5.41, 5.74) is 1.57. The summed E-state index contributed by atoms with van der Waals surface area (Å²) in [5.74, 6) is -0.420. The van der Waals surface area contributed by atoms with E-state index in [9.17, 15) is 8.78 Å². The van der Waals surface area contributed by atoms with Gasteiger partial charge in [-0.1, -0.05) is 36.6 Å². The molecule has 1 aromatic rings. The quantitative estimate of drug-likeness (QED) is 0.427. The average Bonchev–Trinajstić information content (AvgIpc) is 2.65. The highest BCUT2D eigenvalue weighted by Gasteiger charge is 2.12. The van der Waals surface area contributed by atoms with Crippen molar-refractivity contribution < 1.29 is 8.78 Å². The second-order valence-corrected chi connectivity index (χ2v) is 8.06. The van der Waals surface area contributed by atoms with Crippen LogP contribution in [0.4, 0.5) is 8.78 Å². The van der Waals surface area contributed by atoms with E-state index in [4.69, 9.17) is 11.6 Å². The minimum absolute atomic E-state index is 0.111. The van der Waals surface area contributed by atoms with Gasteiger partial charge in [-0.15, -0.1) is 0 Å². The van der Waals surface area contributed by atoms with Gasteiger partial charge in [0.2, 0.25) is 0 Å². The summed E-state index contributed by atoms with van der Waals surface area (Å²) in [5, 5.41) is 3.46. The lowest BCUT2D eigenvalue weighted by molar-refractivity contribution is 0.413. The number of nitrogens with one attached hydrogen (secondary N) is 1. The Labute approximate surface area is 177 Å². The first-order valence-corrected chi connectivity index (χ1v) is 10.5. The third-order valence-electron chi connectivity index (χ3n) is 4.94. The van der Waals surface area contributed by atoms with Crippen LogP contribution in [0.15, 0.2) is 45.5 Å². The van der Waals surface area contributed by atoms with Crippen LogP contribution >= 0.6 is 11.6 Å². The van der Waals surface area contributed by atoms with Crippen LogP contribution in [0.25, 0.3) is 0 Å². The number of rotatable bonds is 7. The van der Waals surface area contributed by atoms with Crippen LogP contribution in [0, 0.1) is 17.6 Å². The van der Waals surface area contributed by atoms with Crippen LogP contribution in [-0.4, -0.2) is 25.6 Å². The third kappa shape index (κ3) is 8.90. The Morgan fingerprint density at radius 2 is 1.86 bits per heavy atom. The van der Waals surface area contributed by atoms with Gasteiger partial charge >= 0.3 is 0 Å². The second-order valence-electron chi connectivity index (χ2n) is 7.63. The fraction of sp³-hybridized carbons (Fsp3) is 0.478. The molecule has 0 fully saturated rings. The van der Waals surface area contributed by atoms with Gasteiger partial charge in [-0.2, -0.15) is 0 Å². The summed E-state index contributed by atoms with van der Waals surface area (Å²) < 4.78 is 28.4. The minimum Gasteiger partial charge on any atom is -0.352 e. The molecule has 0 saturated heterocycles. The van der Waals surface area contributed by atoms with E-state index in [1.807, 2.05) is 0 Å². The summed E-state index contributed by atoms with van der Waals surface area (Å²) in [6.45, 7) is 7.00. The van der Waals surface area contributed by atoms with Gasteiger partial charge in [0.25, 0.3) is 0 Å². The lowest BCUT2D eigenvalue weighted by atomic mass is 9.93. The van der Waals surface area contributed by atoms with Crippen molar-refractivity contribution in [2.45, 2.75) is 51.9 Å². The van der Waals surface area contributed by atoms with Crippen LogP contribution in [0.1, 0.15) is 50.2 Å². The monoisotopic (exact) mass is 421 g/mol. The van der Waals surface area contributed by atoms with E-state index in [1.165, 1.54) is 12.1 Å². The molecule has 6 heteroatoms. The maximum atomic E-state index is 14.2. The van der Waals surface area contributed by atoms with Crippen LogP contribution in [0.3, 0.4) is 0 Å². The lowest BCUT2D eigenvalue weighted by Crippen LogP contribution is -2.08. The number of hydrogen-bond donors (Lipinski definition) is 1. The third-order valence-corrected chi connectivity index (χ3v) is 5.15. The van der Waals surface area contributed by atoms with Crippen LogP contribution in [-0.2, 0) is 12.8 Å². The number of hydrogen-bond acceptors (Lipinski definition) is 3. The highest BCUT2D eigenvalue weighted by molar-refractivity contribution is 6.39. The molecule has 1 aliphatic rings. The zero-order chi connectivity index (χ0) is 21.1. The first-order chi connectivity index (χ1) is 14.0. The number of unbranched alkanes of at least 4 members (excludes halogenated alkanes) is 1. The molecule has 2 rings (SSSR count). The number of aliphatic imine (C=N–C) groups is 2. The van der Waals surface area contributed by atoms with E-state index in [0.717, 1.165) is 50.8 Å². The molecule has 3 nitrogen and oxygen atoms in total. The molecule has 0 aliphatic carbocycles. The summed E-state index contributed by atoms with van der Waals surface area (Å²) in [6, 6.07) is 2.93. The molecule has 158 valence electrons. The Kier molecular flexibility index (Phi) is 10.1. The molecule has 0 radical (unpaired) electrons. The Bertz CT molecular complexity index is 748. The van der Waals surface area contributed by atoms with Crippen molar-refractivity contribution in [3.05, 3.63) is 58.3 Å². The fourth-order valence-electron chi connectivity index (χ4n) is 3.40. The van der Waals surface area contributed by atoms with Gasteiger partial charge in [-0.25, -0.2) is 8.78 Å². The van der Waals surface area contributed by atoms with Gasteiger partial charge in [0.05, 0.1) is 11.4 Å².